The maximum atomic E-state index is 12.3. The zero-order chi connectivity index (χ0) is 13.2. The van der Waals surface area contributed by atoms with Crippen LogP contribution in [0.25, 0.3) is 10.9 Å². The maximum Gasteiger partial charge on any atom is 0.251 e. The second kappa shape index (κ2) is 5.01. The van der Waals surface area contributed by atoms with Gasteiger partial charge in [-0.1, -0.05) is 0 Å². The summed E-state index contributed by atoms with van der Waals surface area (Å²) in [5, 5.41) is 11.0. The van der Waals surface area contributed by atoms with Crippen molar-refractivity contribution >= 4 is 16.8 Å². The van der Waals surface area contributed by atoms with Gasteiger partial charge in [-0.15, -0.1) is 0 Å². The van der Waals surface area contributed by atoms with Crippen molar-refractivity contribution in [3.63, 3.8) is 0 Å². The second-order valence-corrected chi connectivity index (χ2v) is 4.93. The molecule has 100 valence electrons. The first-order valence-electron chi connectivity index (χ1n) is 6.57. The van der Waals surface area contributed by atoms with E-state index in [1.165, 1.54) is 0 Å². The molecule has 0 unspecified atom stereocenters. The number of aryl methyl sites for hydroxylation is 1. The molecule has 1 aliphatic rings. The summed E-state index contributed by atoms with van der Waals surface area (Å²) in [7, 11) is 0. The van der Waals surface area contributed by atoms with Crippen molar-refractivity contribution in [1.82, 2.24) is 15.5 Å². The van der Waals surface area contributed by atoms with E-state index in [0.717, 1.165) is 48.1 Å². The Bertz CT molecular complexity index is 600. The quantitative estimate of drug-likeness (QED) is 0.864. The average molecular weight is 259 g/mol. The predicted molar refractivity (Wildman–Crippen MR) is 72.1 cm³/mol. The molecule has 1 aliphatic heterocycles. The molecule has 1 fully saturated rings. The Morgan fingerprint density at radius 1 is 1.42 bits per heavy atom. The minimum Gasteiger partial charge on any atom is -0.381 e. The van der Waals surface area contributed by atoms with Crippen LogP contribution in [0.1, 0.15) is 28.8 Å². The van der Waals surface area contributed by atoms with Crippen molar-refractivity contribution in [2.45, 2.75) is 25.8 Å². The van der Waals surface area contributed by atoms with Crippen LogP contribution in [-0.4, -0.2) is 35.4 Å². The van der Waals surface area contributed by atoms with Crippen LogP contribution in [0.4, 0.5) is 0 Å². The molecule has 0 saturated carbocycles. The number of carbonyl (C=O) groups excluding carboxylic acids is 1. The van der Waals surface area contributed by atoms with Gasteiger partial charge in [0.1, 0.15) is 0 Å². The number of hydrogen-bond acceptors (Lipinski definition) is 3. The number of aromatic nitrogens is 2. The molecule has 5 nitrogen and oxygen atoms in total. The molecule has 3 rings (SSSR count). The van der Waals surface area contributed by atoms with E-state index in [9.17, 15) is 4.79 Å². The van der Waals surface area contributed by atoms with Gasteiger partial charge in [0.05, 0.1) is 11.7 Å². The fourth-order valence-corrected chi connectivity index (χ4v) is 2.51. The van der Waals surface area contributed by atoms with E-state index in [1.807, 2.05) is 19.1 Å². The highest BCUT2D eigenvalue weighted by atomic mass is 16.5. The van der Waals surface area contributed by atoms with Crippen molar-refractivity contribution in [1.29, 1.82) is 0 Å². The van der Waals surface area contributed by atoms with Crippen LogP contribution in [0.5, 0.6) is 0 Å². The highest BCUT2D eigenvalue weighted by Crippen LogP contribution is 2.20. The summed E-state index contributed by atoms with van der Waals surface area (Å²) in [5.41, 5.74) is 2.65. The van der Waals surface area contributed by atoms with Gasteiger partial charge >= 0.3 is 0 Å². The lowest BCUT2D eigenvalue weighted by Gasteiger charge is -2.23. The first-order chi connectivity index (χ1) is 9.25. The van der Waals surface area contributed by atoms with Crippen LogP contribution in [0, 0.1) is 6.92 Å². The molecule has 0 aliphatic carbocycles. The molecule has 1 aromatic carbocycles. The number of ether oxygens (including phenoxy) is 1. The van der Waals surface area contributed by atoms with Gasteiger partial charge in [-0.25, -0.2) is 0 Å². The average Bonchev–Trinajstić information content (AvgIpc) is 2.89. The number of benzene rings is 1. The van der Waals surface area contributed by atoms with Crippen LogP contribution in [0.15, 0.2) is 18.3 Å². The third-order valence-corrected chi connectivity index (χ3v) is 3.69. The summed E-state index contributed by atoms with van der Waals surface area (Å²) in [6.07, 6.45) is 3.54. The van der Waals surface area contributed by atoms with Gasteiger partial charge in [-0.2, -0.15) is 5.10 Å². The largest absolute Gasteiger partial charge is 0.381 e. The summed E-state index contributed by atoms with van der Waals surface area (Å²) in [6.45, 7) is 3.41. The molecule has 19 heavy (non-hydrogen) atoms. The van der Waals surface area contributed by atoms with Gasteiger partial charge in [-0.3, -0.25) is 9.89 Å². The standard InChI is InChI=1S/C14H17N3O2/c1-9-11(2-3-13-12(9)8-15-17-13)14(18)16-10-4-6-19-7-5-10/h2-3,8,10H,4-7H2,1H3,(H,15,17)(H,16,18). The molecule has 0 bridgehead atoms. The molecule has 1 aromatic heterocycles. The molecule has 0 atom stereocenters. The third kappa shape index (κ3) is 2.33. The van der Waals surface area contributed by atoms with E-state index in [2.05, 4.69) is 15.5 Å². The molecular weight excluding hydrogens is 242 g/mol. The van der Waals surface area contributed by atoms with Crippen molar-refractivity contribution in [3.8, 4) is 0 Å². The smallest absolute Gasteiger partial charge is 0.251 e. The Labute approximate surface area is 111 Å². The summed E-state index contributed by atoms with van der Waals surface area (Å²) < 4.78 is 5.29. The number of nitrogens with one attached hydrogen (secondary N) is 2. The monoisotopic (exact) mass is 259 g/mol. The first-order valence-corrected chi connectivity index (χ1v) is 6.57. The molecule has 0 spiro atoms. The number of amides is 1. The predicted octanol–water partition coefficient (Wildman–Crippen LogP) is 1.78. The van der Waals surface area contributed by atoms with Crippen molar-refractivity contribution in [2.24, 2.45) is 0 Å². The fraction of sp³-hybridized carbons (Fsp3) is 0.429. The molecule has 1 saturated heterocycles. The molecule has 2 heterocycles. The summed E-state index contributed by atoms with van der Waals surface area (Å²) >= 11 is 0. The number of fused-ring (bicyclic) bond motifs is 1. The van der Waals surface area contributed by atoms with Crippen molar-refractivity contribution in [3.05, 3.63) is 29.5 Å². The normalized spacial score (nSPS) is 16.7. The Hall–Kier alpha value is -1.88. The minimum absolute atomic E-state index is 0.00694. The maximum absolute atomic E-state index is 12.3. The molecule has 2 aromatic rings. The van der Waals surface area contributed by atoms with Crippen LogP contribution >= 0.6 is 0 Å². The van der Waals surface area contributed by atoms with Gasteiger partial charge in [-0.05, 0) is 37.5 Å². The Morgan fingerprint density at radius 2 is 2.21 bits per heavy atom. The highest BCUT2D eigenvalue weighted by molar-refractivity contribution is 6.00. The van der Waals surface area contributed by atoms with Gasteiger partial charge in [0.15, 0.2) is 0 Å². The highest BCUT2D eigenvalue weighted by Gasteiger charge is 2.18. The molecule has 5 heteroatoms. The Balaban J connectivity index is 1.82. The van der Waals surface area contributed by atoms with E-state index < -0.39 is 0 Å². The van der Waals surface area contributed by atoms with Gasteiger partial charge in [0.25, 0.3) is 5.91 Å². The van der Waals surface area contributed by atoms with E-state index in [-0.39, 0.29) is 11.9 Å². The lowest BCUT2D eigenvalue weighted by atomic mass is 10.0. The SMILES string of the molecule is Cc1c(C(=O)NC2CCOCC2)ccc2[nH]ncc12. The van der Waals surface area contributed by atoms with Gasteiger partial charge in [0.2, 0.25) is 0 Å². The van der Waals surface area contributed by atoms with Crippen molar-refractivity contribution < 1.29 is 9.53 Å². The molecule has 1 amide bonds. The van der Waals surface area contributed by atoms with Crippen LogP contribution in [-0.2, 0) is 4.74 Å². The number of rotatable bonds is 2. The fourth-order valence-electron chi connectivity index (χ4n) is 2.51. The van der Waals surface area contributed by atoms with Gasteiger partial charge < -0.3 is 10.1 Å². The number of nitrogens with zero attached hydrogens (tertiary/aromatic N) is 1. The molecule has 2 N–H and O–H groups in total. The topological polar surface area (TPSA) is 67.0 Å². The number of hydrogen-bond donors (Lipinski definition) is 2. The zero-order valence-electron chi connectivity index (χ0n) is 10.9. The Kier molecular flexibility index (Phi) is 3.21. The van der Waals surface area contributed by atoms with Crippen molar-refractivity contribution in [2.75, 3.05) is 13.2 Å². The minimum atomic E-state index is -0.00694. The molecular formula is C14H17N3O2. The van der Waals surface area contributed by atoms with E-state index in [0.29, 0.717) is 0 Å². The van der Waals surface area contributed by atoms with E-state index in [4.69, 9.17) is 4.74 Å². The number of carbonyl (C=O) groups is 1. The second-order valence-electron chi connectivity index (χ2n) is 4.93. The Morgan fingerprint density at radius 3 is 3.00 bits per heavy atom. The van der Waals surface area contributed by atoms with Crippen LogP contribution < -0.4 is 5.32 Å². The van der Waals surface area contributed by atoms with Crippen LogP contribution in [0.2, 0.25) is 0 Å². The molecule has 0 radical (unpaired) electrons. The number of aromatic amines is 1. The van der Waals surface area contributed by atoms with Gasteiger partial charge in [0, 0.05) is 30.2 Å². The van der Waals surface area contributed by atoms with E-state index >= 15 is 0 Å². The third-order valence-electron chi connectivity index (χ3n) is 3.69. The zero-order valence-corrected chi connectivity index (χ0v) is 10.9. The number of H-pyrrole nitrogens is 1. The van der Waals surface area contributed by atoms with E-state index in [1.54, 1.807) is 6.20 Å². The summed E-state index contributed by atoms with van der Waals surface area (Å²) in [4.78, 5) is 12.3. The lowest BCUT2D eigenvalue weighted by molar-refractivity contribution is 0.0696. The van der Waals surface area contributed by atoms with Crippen LogP contribution in [0.3, 0.4) is 0 Å². The first kappa shape index (κ1) is 12.2. The lowest BCUT2D eigenvalue weighted by Crippen LogP contribution is -2.39. The summed E-state index contributed by atoms with van der Waals surface area (Å²) in [6, 6.07) is 3.97. The summed E-state index contributed by atoms with van der Waals surface area (Å²) in [5.74, 6) is -0.00694.